The van der Waals surface area contributed by atoms with Gasteiger partial charge < -0.3 is 9.47 Å². The number of rotatable bonds is 5. The first-order valence-corrected chi connectivity index (χ1v) is 7.32. The molecule has 2 aromatic carbocycles. The molecule has 3 aromatic rings. The van der Waals surface area contributed by atoms with E-state index in [-0.39, 0.29) is 11.5 Å². The molecule has 1 heterocycles. The van der Waals surface area contributed by atoms with Crippen molar-refractivity contribution in [3.05, 3.63) is 65.9 Å². The highest BCUT2D eigenvalue weighted by Gasteiger charge is 2.10. The van der Waals surface area contributed by atoms with Gasteiger partial charge in [-0.1, -0.05) is 36.4 Å². The van der Waals surface area contributed by atoms with Crippen LogP contribution < -0.4 is 9.47 Å². The molecule has 3 nitrogen and oxygen atoms in total. The molecule has 0 saturated heterocycles. The topological polar surface area (TPSA) is 31.4 Å². The van der Waals surface area contributed by atoms with Gasteiger partial charge in [-0.25, -0.2) is 4.98 Å². The Labute approximate surface area is 138 Å². The molecule has 1 aromatic heterocycles. The summed E-state index contributed by atoms with van der Waals surface area (Å²) in [6, 6.07) is 16.6. The molecule has 3 rings (SSSR count). The van der Waals surface area contributed by atoms with E-state index < -0.39 is 6.61 Å². The molecule has 0 N–H and O–H groups in total. The van der Waals surface area contributed by atoms with Gasteiger partial charge in [-0.3, -0.25) is 0 Å². The third-order valence-electron chi connectivity index (χ3n) is 3.47. The van der Waals surface area contributed by atoms with Gasteiger partial charge in [0.25, 0.3) is 0 Å². The Morgan fingerprint density at radius 2 is 1.79 bits per heavy atom. The third kappa shape index (κ3) is 3.68. The van der Waals surface area contributed by atoms with E-state index in [9.17, 15) is 8.78 Å². The normalized spacial score (nSPS) is 11.3. The lowest BCUT2D eigenvalue weighted by molar-refractivity contribution is -0.0512. The van der Waals surface area contributed by atoms with Crippen molar-refractivity contribution < 1.29 is 18.3 Å². The van der Waals surface area contributed by atoms with Gasteiger partial charge in [0.05, 0.1) is 18.3 Å². The quantitative estimate of drug-likeness (QED) is 0.660. The van der Waals surface area contributed by atoms with Gasteiger partial charge >= 0.3 is 6.61 Å². The van der Waals surface area contributed by atoms with Gasteiger partial charge in [-0.2, -0.15) is 8.78 Å². The summed E-state index contributed by atoms with van der Waals surface area (Å²) in [6.45, 7) is -2.89. The summed E-state index contributed by atoms with van der Waals surface area (Å²) in [6.07, 6.45) is 3.70. The van der Waals surface area contributed by atoms with Crippen molar-refractivity contribution >= 4 is 23.1 Å². The maximum atomic E-state index is 12.3. The number of halogens is 2. The van der Waals surface area contributed by atoms with Gasteiger partial charge in [0.1, 0.15) is 0 Å². The van der Waals surface area contributed by atoms with Crippen molar-refractivity contribution in [1.29, 1.82) is 0 Å². The summed E-state index contributed by atoms with van der Waals surface area (Å²) in [5, 5.41) is 1.07. The van der Waals surface area contributed by atoms with Gasteiger partial charge in [-0.15, -0.1) is 0 Å². The molecule has 0 aliphatic rings. The highest BCUT2D eigenvalue weighted by Crippen LogP contribution is 2.30. The molecule has 122 valence electrons. The van der Waals surface area contributed by atoms with E-state index in [2.05, 4.69) is 9.72 Å². The van der Waals surface area contributed by atoms with Crippen LogP contribution in [0.2, 0.25) is 0 Å². The van der Waals surface area contributed by atoms with E-state index in [1.807, 2.05) is 48.6 Å². The second-order valence-electron chi connectivity index (χ2n) is 5.05. The summed E-state index contributed by atoms with van der Waals surface area (Å²) in [5.41, 5.74) is 2.52. The SMILES string of the molecule is COc1cc(C=Cc2ccc3ccccc3n2)ccc1OC(F)F. The van der Waals surface area contributed by atoms with Crippen molar-refractivity contribution in [3.8, 4) is 11.5 Å². The van der Waals surface area contributed by atoms with Crippen molar-refractivity contribution in [2.24, 2.45) is 0 Å². The number of hydrogen-bond donors (Lipinski definition) is 0. The summed E-state index contributed by atoms with van der Waals surface area (Å²) >= 11 is 0. The van der Waals surface area contributed by atoms with Crippen molar-refractivity contribution in [1.82, 2.24) is 4.98 Å². The summed E-state index contributed by atoms with van der Waals surface area (Å²) in [7, 11) is 1.41. The second-order valence-corrected chi connectivity index (χ2v) is 5.05. The molecule has 0 unspecified atom stereocenters. The van der Waals surface area contributed by atoms with Crippen LogP contribution in [-0.4, -0.2) is 18.7 Å². The zero-order chi connectivity index (χ0) is 16.9. The van der Waals surface area contributed by atoms with Crippen LogP contribution in [-0.2, 0) is 0 Å². The van der Waals surface area contributed by atoms with E-state index in [0.717, 1.165) is 22.2 Å². The number of methoxy groups -OCH3 is 1. The zero-order valence-electron chi connectivity index (χ0n) is 12.9. The fourth-order valence-corrected chi connectivity index (χ4v) is 2.34. The molecule has 0 amide bonds. The summed E-state index contributed by atoms with van der Waals surface area (Å²) in [4.78, 5) is 4.55. The van der Waals surface area contributed by atoms with Gasteiger partial charge in [0.2, 0.25) is 0 Å². The maximum Gasteiger partial charge on any atom is 0.387 e. The molecular formula is C19H15F2NO2. The number of fused-ring (bicyclic) bond motifs is 1. The van der Waals surface area contributed by atoms with E-state index in [1.54, 1.807) is 12.1 Å². The lowest BCUT2D eigenvalue weighted by Crippen LogP contribution is -2.03. The van der Waals surface area contributed by atoms with E-state index in [1.165, 1.54) is 13.2 Å². The second kappa shape index (κ2) is 7.08. The fourth-order valence-electron chi connectivity index (χ4n) is 2.34. The van der Waals surface area contributed by atoms with E-state index in [4.69, 9.17) is 4.74 Å². The lowest BCUT2D eigenvalue weighted by Gasteiger charge is -2.10. The smallest absolute Gasteiger partial charge is 0.387 e. The number of benzene rings is 2. The maximum absolute atomic E-state index is 12.3. The first-order valence-electron chi connectivity index (χ1n) is 7.32. The Kier molecular flexibility index (Phi) is 4.70. The van der Waals surface area contributed by atoms with Crippen LogP contribution in [0.15, 0.2) is 54.6 Å². The van der Waals surface area contributed by atoms with Crippen LogP contribution in [0, 0.1) is 0 Å². The molecule has 0 atom stereocenters. The number of para-hydroxylation sites is 1. The molecule has 0 aliphatic carbocycles. The standard InChI is InChI=1S/C19H15F2NO2/c1-23-18-12-13(7-11-17(18)24-19(20)21)6-9-15-10-8-14-4-2-3-5-16(14)22-15/h2-12,19H,1H3. The molecule has 24 heavy (non-hydrogen) atoms. The number of alkyl halides is 2. The Hall–Kier alpha value is -2.95. The molecule has 0 aliphatic heterocycles. The molecule has 0 fully saturated rings. The predicted molar refractivity (Wildman–Crippen MR) is 90.3 cm³/mol. The average molecular weight is 327 g/mol. The van der Waals surface area contributed by atoms with Crippen LogP contribution in [0.1, 0.15) is 11.3 Å². The minimum absolute atomic E-state index is 0.00785. The molecule has 5 heteroatoms. The first-order chi connectivity index (χ1) is 11.7. The van der Waals surface area contributed by atoms with Gasteiger partial charge in [-0.05, 0) is 35.9 Å². The minimum Gasteiger partial charge on any atom is -0.493 e. The lowest BCUT2D eigenvalue weighted by atomic mass is 10.1. The average Bonchev–Trinajstić information content (AvgIpc) is 2.60. The van der Waals surface area contributed by atoms with Crippen molar-refractivity contribution in [2.45, 2.75) is 6.61 Å². The highest BCUT2D eigenvalue weighted by molar-refractivity contribution is 5.80. The van der Waals surface area contributed by atoms with Gasteiger partial charge in [0, 0.05) is 5.39 Å². The number of hydrogen-bond acceptors (Lipinski definition) is 3. The van der Waals surface area contributed by atoms with Crippen LogP contribution in [0.25, 0.3) is 23.1 Å². The Balaban J connectivity index is 1.84. The summed E-state index contributed by atoms with van der Waals surface area (Å²) in [5.74, 6) is 0.261. The highest BCUT2D eigenvalue weighted by atomic mass is 19.3. The number of pyridine rings is 1. The third-order valence-corrected chi connectivity index (χ3v) is 3.47. The van der Waals surface area contributed by atoms with Crippen LogP contribution in [0.5, 0.6) is 11.5 Å². The predicted octanol–water partition coefficient (Wildman–Crippen LogP) is 5.02. The van der Waals surface area contributed by atoms with Gasteiger partial charge in [0.15, 0.2) is 11.5 Å². The van der Waals surface area contributed by atoms with E-state index in [0.29, 0.717) is 0 Å². The molecule has 0 radical (unpaired) electrons. The number of aromatic nitrogens is 1. The molecular weight excluding hydrogens is 312 g/mol. The Bertz CT molecular complexity index is 878. The molecule has 0 saturated carbocycles. The summed E-state index contributed by atoms with van der Waals surface area (Å²) < 4.78 is 34.2. The Morgan fingerprint density at radius 1 is 0.958 bits per heavy atom. The fraction of sp³-hybridized carbons (Fsp3) is 0.105. The monoisotopic (exact) mass is 327 g/mol. The van der Waals surface area contributed by atoms with Crippen LogP contribution >= 0.6 is 0 Å². The zero-order valence-corrected chi connectivity index (χ0v) is 12.9. The molecule has 0 spiro atoms. The van der Waals surface area contributed by atoms with Crippen molar-refractivity contribution in [2.75, 3.05) is 7.11 Å². The first kappa shape index (κ1) is 15.9. The van der Waals surface area contributed by atoms with Crippen molar-refractivity contribution in [3.63, 3.8) is 0 Å². The van der Waals surface area contributed by atoms with Crippen LogP contribution in [0.4, 0.5) is 8.78 Å². The molecule has 0 bridgehead atoms. The minimum atomic E-state index is -2.89. The number of nitrogens with zero attached hydrogens (tertiary/aromatic N) is 1. The Morgan fingerprint density at radius 3 is 2.58 bits per heavy atom. The van der Waals surface area contributed by atoms with Crippen LogP contribution in [0.3, 0.4) is 0 Å². The number of ether oxygens (including phenoxy) is 2. The van der Waals surface area contributed by atoms with E-state index >= 15 is 0 Å². The largest absolute Gasteiger partial charge is 0.493 e.